The molecular formula is C25H33FN6O4. The van der Waals surface area contributed by atoms with Crippen molar-refractivity contribution in [3.05, 3.63) is 35.3 Å². The van der Waals surface area contributed by atoms with Gasteiger partial charge in [-0.05, 0) is 52.8 Å². The Kier molecular flexibility index (Phi) is 7.30. The van der Waals surface area contributed by atoms with Crippen molar-refractivity contribution in [3.63, 3.8) is 0 Å². The van der Waals surface area contributed by atoms with Gasteiger partial charge in [-0.2, -0.15) is 0 Å². The van der Waals surface area contributed by atoms with Crippen LogP contribution in [0.15, 0.2) is 18.2 Å². The number of hydrogen-bond donors (Lipinski definition) is 2. The van der Waals surface area contributed by atoms with Gasteiger partial charge in [0.15, 0.2) is 5.82 Å². The number of hydrogen-bond acceptors (Lipinski definition) is 7. The lowest BCUT2D eigenvalue weighted by atomic mass is 10.1. The zero-order chi connectivity index (χ0) is 26.0. The van der Waals surface area contributed by atoms with Crippen LogP contribution in [-0.2, 0) is 22.6 Å². The van der Waals surface area contributed by atoms with Crippen molar-refractivity contribution in [2.24, 2.45) is 0 Å². The van der Waals surface area contributed by atoms with Crippen LogP contribution < -0.4 is 15.5 Å². The number of amides is 3. The standard InChI is InChI=1S/C25H33FN6O4/c1-6-27-23(33)28-16-7-8-17(19(26)11-16)21-29-20-13-31(24(34)36-25(3,4)5)12-18(20)22(30-21)32-9-10-35-14-15(32)2/h7-8,11,15H,6,9-10,12-14H2,1-5H3,(H2,27,28,33)/t15-/m0/s1. The second-order valence-corrected chi connectivity index (χ2v) is 9.93. The Bertz CT molecular complexity index is 1150. The third-order valence-corrected chi connectivity index (χ3v) is 5.86. The van der Waals surface area contributed by atoms with Gasteiger partial charge >= 0.3 is 12.1 Å². The first-order chi connectivity index (χ1) is 17.1. The molecule has 1 aromatic carbocycles. The van der Waals surface area contributed by atoms with Gasteiger partial charge < -0.3 is 25.0 Å². The molecule has 3 heterocycles. The molecule has 0 spiro atoms. The SMILES string of the molecule is CCNC(=O)Nc1ccc(-c2nc3c(c(N4CCOC[C@@H]4C)n2)CN(C(=O)OC(C)(C)C)C3)c(F)c1. The van der Waals surface area contributed by atoms with E-state index in [1.54, 1.807) is 24.0 Å². The molecule has 3 amide bonds. The maximum atomic E-state index is 15.2. The molecule has 11 heteroatoms. The summed E-state index contributed by atoms with van der Waals surface area (Å²) in [5.74, 6) is 0.323. The summed E-state index contributed by atoms with van der Waals surface area (Å²) in [4.78, 5) is 37.7. The van der Waals surface area contributed by atoms with Crippen molar-refractivity contribution in [1.29, 1.82) is 0 Å². The highest BCUT2D eigenvalue weighted by molar-refractivity contribution is 5.89. The van der Waals surface area contributed by atoms with Crippen molar-refractivity contribution < 1.29 is 23.5 Å². The average Bonchev–Trinajstić information content (AvgIpc) is 3.23. The summed E-state index contributed by atoms with van der Waals surface area (Å²) in [6.07, 6.45) is -0.435. The number of rotatable bonds is 4. The van der Waals surface area contributed by atoms with Crippen molar-refractivity contribution in [3.8, 4) is 11.4 Å². The van der Waals surface area contributed by atoms with Gasteiger partial charge in [0.2, 0.25) is 0 Å². The number of nitrogens with one attached hydrogen (secondary N) is 2. The van der Waals surface area contributed by atoms with Gasteiger partial charge in [-0.15, -0.1) is 0 Å². The number of urea groups is 1. The molecule has 2 aromatic rings. The van der Waals surface area contributed by atoms with Crippen LogP contribution in [0, 0.1) is 5.82 Å². The lowest BCUT2D eigenvalue weighted by Gasteiger charge is -2.35. The van der Waals surface area contributed by atoms with Gasteiger partial charge in [0.05, 0.1) is 43.6 Å². The van der Waals surface area contributed by atoms with E-state index in [0.717, 1.165) is 5.56 Å². The summed E-state index contributed by atoms with van der Waals surface area (Å²) >= 11 is 0. The largest absolute Gasteiger partial charge is 0.444 e. The van der Waals surface area contributed by atoms with Crippen molar-refractivity contribution >= 4 is 23.6 Å². The summed E-state index contributed by atoms with van der Waals surface area (Å²) in [6.45, 7) is 12.0. The van der Waals surface area contributed by atoms with Gasteiger partial charge in [-0.3, -0.25) is 4.90 Å². The minimum Gasteiger partial charge on any atom is -0.444 e. The van der Waals surface area contributed by atoms with Crippen LogP contribution in [0.2, 0.25) is 0 Å². The summed E-state index contributed by atoms with van der Waals surface area (Å²) in [5.41, 5.74) is 1.38. The Morgan fingerprint density at radius 1 is 1.25 bits per heavy atom. The van der Waals surface area contributed by atoms with E-state index in [-0.39, 0.29) is 24.0 Å². The van der Waals surface area contributed by atoms with E-state index >= 15 is 4.39 Å². The van der Waals surface area contributed by atoms with E-state index < -0.39 is 23.5 Å². The molecule has 1 saturated heterocycles. The molecule has 1 atom stereocenters. The first-order valence-corrected chi connectivity index (χ1v) is 12.1. The van der Waals surface area contributed by atoms with Crippen LogP contribution in [0.3, 0.4) is 0 Å². The van der Waals surface area contributed by atoms with Crippen molar-refractivity contribution in [2.75, 3.05) is 36.5 Å². The first kappa shape index (κ1) is 25.6. The topological polar surface area (TPSA) is 109 Å². The summed E-state index contributed by atoms with van der Waals surface area (Å²) in [5, 5.41) is 5.21. The Morgan fingerprint density at radius 2 is 2.03 bits per heavy atom. The minimum atomic E-state index is -0.628. The van der Waals surface area contributed by atoms with E-state index in [1.807, 2.05) is 27.7 Å². The number of carbonyl (C=O) groups excluding carboxylic acids is 2. The zero-order valence-corrected chi connectivity index (χ0v) is 21.4. The maximum Gasteiger partial charge on any atom is 0.410 e. The van der Waals surface area contributed by atoms with E-state index in [1.165, 1.54) is 6.07 Å². The van der Waals surface area contributed by atoms with Gasteiger partial charge in [0.1, 0.15) is 17.2 Å². The normalized spacial score (nSPS) is 17.6. The number of anilines is 2. The van der Waals surface area contributed by atoms with Crippen molar-refractivity contribution in [1.82, 2.24) is 20.2 Å². The molecule has 0 aliphatic carbocycles. The van der Waals surface area contributed by atoms with Gasteiger partial charge in [0, 0.05) is 24.3 Å². The number of carbonyl (C=O) groups is 2. The smallest absolute Gasteiger partial charge is 0.410 e. The van der Waals surface area contributed by atoms with E-state index in [9.17, 15) is 9.59 Å². The van der Waals surface area contributed by atoms with E-state index in [4.69, 9.17) is 14.5 Å². The lowest BCUT2D eigenvalue weighted by Crippen LogP contribution is -2.44. The minimum absolute atomic E-state index is 0.0506. The highest BCUT2D eigenvalue weighted by Crippen LogP contribution is 2.35. The molecule has 0 bridgehead atoms. The first-order valence-electron chi connectivity index (χ1n) is 12.1. The molecule has 2 aliphatic rings. The molecule has 0 saturated carbocycles. The van der Waals surface area contributed by atoms with Crippen LogP contribution >= 0.6 is 0 Å². The zero-order valence-electron chi connectivity index (χ0n) is 21.4. The lowest BCUT2D eigenvalue weighted by molar-refractivity contribution is 0.0240. The Labute approximate surface area is 210 Å². The predicted molar refractivity (Wildman–Crippen MR) is 133 cm³/mol. The number of nitrogens with zero attached hydrogens (tertiary/aromatic N) is 4. The van der Waals surface area contributed by atoms with Gasteiger partial charge in [-0.25, -0.2) is 23.9 Å². The Balaban J connectivity index is 1.70. The van der Waals surface area contributed by atoms with E-state index in [0.29, 0.717) is 50.0 Å². The number of halogens is 1. The van der Waals surface area contributed by atoms with Crippen molar-refractivity contribution in [2.45, 2.75) is 59.4 Å². The number of morpholine rings is 1. The molecule has 1 fully saturated rings. The molecule has 1 aromatic heterocycles. The second kappa shape index (κ2) is 10.3. The molecular weight excluding hydrogens is 467 g/mol. The van der Waals surface area contributed by atoms with Crippen LogP contribution in [0.5, 0.6) is 0 Å². The number of ether oxygens (including phenoxy) is 2. The van der Waals surface area contributed by atoms with E-state index in [2.05, 4.69) is 20.5 Å². The Morgan fingerprint density at radius 3 is 2.69 bits per heavy atom. The molecule has 2 aliphatic heterocycles. The molecule has 194 valence electrons. The molecule has 2 N–H and O–H groups in total. The summed E-state index contributed by atoms with van der Waals surface area (Å²) in [6, 6.07) is 4.03. The maximum absolute atomic E-state index is 15.2. The Hall–Kier alpha value is -3.47. The highest BCUT2D eigenvalue weighted by atomic mass is 19.1. The highest BCUT2D eigenvalue weighted by Gasteiger charge is 2.34. The molecule has 4 rings (SSSR count). The van der Waals surface area contributed by atoms with Crippen LogP contribution in [0.25, 0.3) is 11.4 Å². The number of benzene rings is 1. The fourth-order valence-corrected chi connectivity index (χ4v) is 4.20. The third-order valence-electron chi connectivity index (χ3n) is 5.86. The fourth-order valence-electron chi connectivity index (χ4n) is 4.20. The van der Waals surface area contributed by atoms with Crippen LogP contribution in [0.1, 0.15) is 45.9 Å². The monoisotopic (exact) mass is 500 g/mol. The molecule has 0 radical (unpaired) electrons. The van der Waals surface area contributed by atoms with Gasteiger partial charge in [-0.1, -0.05) is 0 Å². The summed E-state index contributed by atoms with van der Waals surface area (Å²) < 4.78 is 26.4. The van der Waals surface area contributed by atoms with Crippen LogP contribution in [0.4, 0.5) is 25.5 Å². The predicted octanol–water partition coefficient (Wildman–Crippen LogP) is 3.90. The summed E-state index contributed by atoms with van der Waals surface area (Å²) in [7, 11) is 0. The van der Waals surface area contributed by atoms with Crippen LogP contribution in [-0.4, -0.2) is 64.9 Å². The second-order valence-electron chi connectivity index (χ2n) is 9.93. The number of fused-ring (bicyclic) bond motifs is 1. The molecule has 10 nitrogen and oxygen atoms in total. The molecule has 36 heavy (non-hydrogen) atoms. The third kappa shape index (κ3) is 5.67. The quantitative estimate of drug-likeness (QED) is 0.655. The number of aromatic nitrogens is 2. The van der Waals surface area contributed by atoms with Gasteiger partial charge in [0.25, 0.3) is 0 Å². The average molecular weight is 501 g/mol. The fraction of sp³-hybridized carbons (Fsp3) is 0.520. The molecule has 0 unspecified atom stereocenters.